The van der Waals surface area contributed by atoms with E-state index in [-0.39, 0.29) is 0 Å². The Bertz CT molecular complexity index is 1100. The quantitative estimate of drug-likeness (QED) is 0.645. The first-order valence-electron chi connectivity index (χ1n) is 8.34. The second-order valence-corrected chi connectivity index (χ2v) is 7.47. The van der Waals surface area contributed by atoms with Crippen LogP contribution in [0.25, 0.3) is 6.08 Å². The summed E-state index contributed by atoms with van der Waals surface area (Å²) in [5, 5.41) is 3.65. The van der Waals surface area contributed by atoms with Gasteiger partial charge in [0.2, 0.25) is 0 Å². The molecule has 0 aliphatic rings. The largest absolute Gasteiger partial charge is 0.322 e. The fraction of sp³-hybridized carbons (Fsp3) is 0. The molecule has 0 bridgehead atoms. The zero-order valence-corrected chi connectivity index (χ0v) is 15.5. The van der Waals surface area contributed by atoms with E-state index in [1.54, 1.807) is 18.2 Å². The summed E-state index contributed by atoms with van der Waals surface area (Å²) in [4.78, 5) is 12.2. The highest BCUT2D eigenvalue weighted by Gasteiger charge is 2.09. The van der Waals surface area contributed by atoms with Crippen LogP contribution in [0.2, 0.25) is 0 Å². The molecule has 0 fully saturated rings. The SMILES string of the molecule is O=C(Nc1cccc(F)c1)c1ccc(NS(=O)(=O)/C=C/c2ccccc2)cc1. The smallest absolute Gasteiger partial charge is 0.255 e. The average molecular weight is 396 g/mol. The lowest BCUT2D eigenvalue weighted by molar-refractivity contribution is 0.102. The van der Waals surface area contributed by atoms with E-state index in [0.717, 1.165) is 11.0 Å². The Morgan fingerprint density at radius 2 is 1.57 bits per heavy atom. The number of carbonyl (C=O) groups excluding carboxylic acids is 1. The van der Waals surface area contributed by atoms with Crippen molar-refractivity contribution in [1.82, 2.24) is 0 Å². The predicted octanol–water partition coefficient (Wildman–Crippen LogP) is 4.49. The molecule has 142 valence electrons. The lowest BCUT2D eigenvalue weighted by Gasteiger charge is -2.07. The molecule has 5 nitrogen and oxygen atoms in total. The predicted molar refractivity (Wildman–Crippen MR) is 109 cm³/mol. The van der Waals surface area contributed by atoms with E-state index in [0.29, 0.717) is 16.9 Å². The molecule has 3 aromatic rings. The van der Waals surface area contributed by atoms with Gasteiger partial charge in [0.15, 0.2) is 0 Å². The molecule has 1 amide bonds. The van der Waals surface area contributed by atoms with E-state index < -0.39 is 21.7 Å². The van der Waals surface area contributed by atoms with Crippen molar-refractivity contribution >= 4 is 33.4 Å². The van der Waals surface area contributed by atoms with Gasteiger partial charge in [-0.2, -0.15) is 0 Å². The van der Waals surface area contributed by atoms with E-state index in [1.165, 1.54) is 48.5 Å². The van der Waals surface area contributed by atoms with E-state index in [2.05, 4.69) is 10.0 Å². The van der Waals surface area contributed by atoms with Gasteiger partial charge in [-0.05, 0) is 54.1 Å². The summed E-state index contributed by atoms with van der Waals surface area (Å²) in [6.07, 6.45) is 1.49. The Morgan fingerprint density at radius 1 is 0.857 bits per heavy atom. The van der Waals surface area contributed by atoms with Gasteiger partial charge in [-0.1, -0.05) is 36.4 Å². The number of carbonyl (C=O) groups is 1. The topological polar surface area (TPSA) is 75.3 Å². The second kappa shape index (κ2) is 8.49. The van der Waals surface area contributed by atoms with Crippen LogP contribution in [-0.2, 0) is 10.0 Å². The molecule has 0 saturated heterocycles. The third-order valence-corrected chi connectivity index (χ3v) is 4.74. The maximum absolute atomic E-state index is 13.2. The highest BCUT2D eigenvalue weighted by Crippen LogP contribution is 2.15. The Balaban J connectivity index is 1.65. The minimum Gasteiger partial charge on any atom is -0.322 e. The van der Waals surface area contributed by atoms with Gasteiger partial charge in [0.25, 0.3) is 15.9 Å². The maximum atomic E-state index is 13.2. The van der Waals surface area contributed by atoms with Gasteiger partial charge >= 0.3 is 0 Å². The zero-order chi connectivity index (χ0) is 20.0. The lowest BCUT2D eigenvalue weighted by Crippen LogP contribution is -2.12. The van der Waals surface area contributed by atoms with Crippen molar-refractivity contribution in [3.63, 3.8) is 0 Å². The molecular weight excluding hydrogens is 379 g/mol. The number of benzene rings is 3. The summed E-state index contributed by atoms with van der Waals surface area (Å²) in [5.74, 6) is -0.880. The van der Waals surface area contributed by atoms with Gasteiger partial charge < -0.3 is 5.32 Å². The Morgan fingerprint density at radius 3 is 2.25 bits per heavy atom. The van der Waals surface area contributed by atoms with Crippen molar-refractivity contribution in [3.05, 3.63) is 101 Å². The molecule has 0 spiro atoms. The van der Waals surface area contributed by atoms with Crippen LogP contribution in [0.5, 0.6) is 0 Å². The Labute approximate surface area is 162 Å². The summed E-state index contributed by atoms with van der Waals surface area (Å²) >= 11 is 0. The van der Waals surface area contributed by atoms with Crippen molar-refractivity contribution in [2.75, 3.05) is 10.0 Å². The molecule has 0 aromatic heterocycles. The van der Waals surface area contributed by atoms with Crippen LogP contribution in [0.15, 0.2) is 84.3 Å². The molecule has 0 atom stereocenters. The van der Waals surface area contributed by atoms with Crippen LogP contribution in [0.3, 0.4) is 0 Å². The van der Waals surface area contributed by atoms with Crippen LogP contribution in [0.4, 0.5) is 15.8 Å². The molecule has 0 saturated carbocycles. The number of amides is 1. The van der Waals surface area contributed by atoms with Crippen molar-refractivity contribution < 1.29 is 17.6 Å². The number of anilines is 2. The van der Waals surface area contributed by atoms with E-state index in [1.807, 2.05) is 18.2 Å². The van der Waals surface area contributed by atoms with Gasteiger partial charge in [-0.25, -0.2) is 12.8 Å². The number of sulfonamides is 1. The summed E-state index contributed by atoms with van der Waals surface area (Å²) in [6.45, 7) is 0. The van der Waals surface area contributed by atoms with Gasteiger partial charge in [0.05, 0.1) is 5.41 Å². The Hall–Kier alpha value is -3.45. The molecule has 0 aliphatic heterocycles. The second-order valence-electron chi connectivity index (χ2n) is 5.90. The van der Waals surface area contributed by atoms with Gasteiger partial charge in [0, 0.05) is 16.9 Å². The lowest BCUT2D eigenvalue weighted by atomic mass is 10.2. The van der Waals surface area contributed by atoms with Crippen molar-refractivity contribution in [1.29, 1.82) is 0 Å². The number of halogens is 1. The van der Waals surface area contributed by atoms with Crippen LogP contribution in [0.1, 0.15) is 15.9 Å². The van der Waals surface area contributed by atoms with Gasteiger partial charge in [-0.15, -0.1) is 0 Å². The van der Waals surface area contributed by atoms with Gasteiger partial charge in [-0.3, -0.25) is 9.52 Å². The fourth-order valence-corrected chi connectivity index (χ4v) is 3.26. The van der Waals surface area contributed by atoms with Crippen LogP contribution < -0.4 is 10.0 Å². The molecule has 7 heteroatoms. The first-order chi connectivity index (χ1) is 13.4. The van der Waals surface area contributed by atoms with E-state index in [9.17, 15) is 17.6 Å². The van der Waals surface area contributed by atoms with Crippen molar-refractivity contribution in [3.8, 4) is 0 Å². The van der Waals surface area contributed by atoms with Crippen LogP contribution in [0, 0.1) is 5.82 Å². The molecular formula is C21H17FN2O3S. The summed E-state index contributed by atoms with van der Waals surface area (Å²) in [5.41, 5.74) is 1.73. The molecule has 2 N–H and O–H groups in total. The highest BCUT2D eigenvalue weighted by molar-refractivity contribution is 7.95. The van der Waals surface area contributed by atoms with Crippen LogP contribution in [-0.4, -0.2) is 14.3 Å². The third-order valence-electron chi connectivity index (χ3n) is 3.73. The van der Waals surface area contributed by atoms with Crippen LogP contribution >= 0.6 is 0 Å². The molecule has 3 aromatic carbocycles. The first kappa shape index (κ1) is 19.3. The summed E-state index contributed by atoms with van der Waals surface area (Å²) in [6, 6.07) is 20.5. The zero-order valence-electron chi connectivity index (χ0n) is 14.7. The number of hydrogen-bond acceptors (Lipinski definition) is 3. The number of nitrogens with one attached hydrogen (secondary N) is 2. The van der Waals surface area contributed by atoms with Gasteiger partial charge in [0.1, 0.15) is 5.82 Å². The molecule has 0 heterocycles. The first-order valence-corrected chi connectivity index (χ1v) is 9.89. The fourth-order valence-electron chi connectivity index (χ4n) is 2.39. The van der Waals surface area contributed by atoms with E-state index >= 15 is 0 Å². The standard InChI is InChI=1S/C21H17FN2O3S/c22-18-7-4-8-20(15-18)23-21(25)17-9-11-19(12-10-17)24-28(26,27)14-13-16-5-2-1-3-6-16/h1-15,24H,(H,23,25)/b14-13+. The normalized spacial score (nSPS) is 11.3. The minimum atomic E-state index is -3.69. The van der Waals surface area contributed by atoms with Crippen molar-refractivity contribution in [2.24, 2.45) is 0 Å². The average Bonchev–Trinajstić information content (AvgIpc) is 2.67. The third kappa shape index (κ3) is 5.52. The highest BCUT2D eigenvalue weighted by atomic mass is 32.2. The number of hydrogen-bond donors (Lipinski definition) is 2. The molecule has 0 radical (unpaired) electrons. The number of rotatable bonds is 6. The Kier molecular flexibility index (Phi) is 5.86. The van der Waals surface area contributed by atoms with E-state index in [4.69, 9.17) is 0 Å². The molecule has 28 heavy (non-hydrogen) atoms. The molecule has 0 aliphatic carbocycles. The summed E-state index contributed by atoms with van der Waals surface area (Å²) in [7, 11) is -3.69. The molecule has 0 unspecified atom stereocenters. The maximum Gasteiger partial charge on any atom is 0.255 e. The molecule has 3 rings (SSSR count). The van der Waals surface area contributed by atoms with Crippen molar-refractivity contribution in [2.45, 2.75) is 0 Å². The summed E-state index contributed by atoms with van der Waals surface area (Å²) < 4.78 is 39.9. The monoisotopic (exact) mass is 396 g/mol. The minimum absolute atomic E-state index is 0.312.